The molecule has 1 amide bonds. The molecule has 0 unspecified atom stereocenters. The summed E-state index contributed by atoms with van der Waals surface area (Å²) >= 11 is 0. The molecule has 1 heterocycles. The molecule has 31 heavy (non-hydrogen) atoms. The normalized spacial score (nSPS) is 16.1. The molecule has 1 aliphatic heterocycles. The van der Waals surface area contributed by atoms with Gasteiger partial charge in [-0.2, -0.15) is 4.31 Å². The van der Waals surface area contributed by atoms with E-state index in [0.717, 1.165) is 30.6 Å². The molecule has 7 nitrogen and oxygen atoms in total. The number of hydrogen-bond donors (Lipinski definition) is 1. The van der Waals surface area contributed by atoms with E-state index in [9.17, 15) is 13.2 Å². The first-order valence-corrected chi connectivity index (χ1v) is 12.0. The standard InChI is InChI=1S/C23H31N3O4S/c1-25(2)21(20-9-5-6-10-22(20)30-3)17-24-23(27)18-11-13-19(14-12-18)31(28,29)26-15-7-4-8-16-26/h5-6,9-14,21H,4,7-8,15-17H2,1-3H3,(H,24,27)/t21-/m0/s1. The number of amides is 1. The van der Waals surface area contributed by atoms with Gasteiger partial charge in [0.25, 0.3) is 5.91 Å². The quantitative estimate of drug-likeness (QED) is 0.676. The van der Waals surface area contributed by atoms with Crippen molar-refractivity contribution in [2.75, 3.05) is 40.8 Å². The highest BCUT2D eigenvalue weighted by atomic mass is 32.2. The molecule has 8 heteroatoms. The van der Waals surface area contributed by atoms with Crippen LogP contribution in [-0.4, -0.2) is 64.4 Å². The van der Waals surface area contributed by atoms with Gasteiger partial charge in [-0.3, -0.25) is 4.79 Å². The highest BCUT2D eigenvalue weighted by Crippen LogP contribution is 2.27. The predicted molar refractivity (Wildman–Crippen MR) is 121 cm³/mol. The number of carbonyl (C=O) groups excluding carboxylic acids is 1. The van der Waals surface area contributed by atoms with E-state index in [4.69, 9.17) is 4.74 Å². The zero-order chi connectivity index (χ0) is 22.4. The maximum Gasteiger partial charge on any atom is 0.251 e. The number of piperidine rings is 1. The number of nitrogens with zero attached hydrogens (tertiary/aromatic N) is 2. The number of ether oxygens (including phenoxy) is 1. The summed E-state index contributed by atoms with van der Waals surface area (Å²) in [5, 5.41) is 2.96. The van der Waals surface area contributed by atoms with Crippen molar-refractivity contribution >= 4 is 15.9 Å². The van der Waals surface area contributed by atoms with Crippen LogP contribution in [0.4, 0.5) is 0 Å². The van der Waals surface area contributed by atoms with Crippen LogP contribution >= 0.6 is 0 Å². The monoisotopic (exact) mass is 445 g/mol. The van der Waals surface area contributed by atoms with Gasteiger partial charge in [0.15, 0.2) is 0 Å². The van der Waals surface area contributed by atoms with Gasteiger partial charge in [-0.15, -0.1) is 0 Å². The van der Waals surface area contributed by atoms with Gasteiger partial charge in [0, 0.05) is 30.8 Å². The van der Waals surface area contributed by atoms with Crippen molar-refractivity contribution in [1.82, 2.24) is 14.5 Å². The molecule has 1 aliphatic rings. The lowest BCUT2D eigenvalue weighted by Crippen LogP contribution is -2.36. The molecule has 1 N–H and O–H groups in total. The minimum absolute atomic E-state index is 0.0705. The number of likely N-dealkylation sites (N-methyl/N-ethyl adjacent to an activating group) is 1. The van der Waals surface area contributed by atoms with Crippen LogP contribution in [0.1, 0.15) is 41.2 Å². The summed E-state index contributed by atoms with van der Waals surface area (Å²) in [7, 11) is 2.02. The Kier molecular flexibility index (Phi) is 7.69. The van der Waals surface area contributed by atoms with E-state index in [1.54, 1.807) is 19.2 Å². The summed E-state index contributed by atoms with van der Waals surface area (Å²) in [4.78, 5) is 14.9. The predicted octanol–water partition coefficient (Wildman–Crippen LogP) is 2.90. The molecule has 2 aromatic rings. The van der Waals surface area contributed by atoms with Crippen molar-refractivity contribution in [3.05, 3.63) is 59.7 Å². The Bertz CT molecular complexity index is 984. The van der Waals surface area contributed by atoms with Crippen molar-refractivity contribution < 1.29 is 17.9 Å². The first-order valence-electron chi connectivity index (χ1n) is 10.5. The summed E-state index contributed by atoms with van der Waals surface area (Å²) in [5.41, 5.74) is 1.41. The lowest BCUT2D eigenvalue weighted by atomic mass is 10.0. The molecule has 3 rings (SSSR count). The number of sulfonamides is 1. The van der Waals surface area contributed by atoms with E-state index >= 15 is 0 Å². The van der Waals surface area contributed by atoms with Gasteiger partial charge in [-0.05, 0) is 57.3 Å². The molecule has 1 saturated heterocycles. The van der Waals surface area contributed by atoms with Crippen LogP contribution in [0.5, 0.6) is 5.75 Å². The van der Waals surface area contributed by atoms with Gasteiger partial charge >= 0.3 is 0 Å². The molecule has 1 fully saturated rings. The lowest BCUT2D eigenvalue weighted by Gasteiger charge is -2.26. The first-order chi connectivity index (χ1) is 14.8. The number of hydrogen-bond acceptors (Lipinski definition) is 5. The highest BCUT2D eigenvalue weighted by Gasteiger charge is 2.26. The number of nitrogens with one attached hydrogen (secondary N) is 1. The molecule has 0 bridgehead atoms. The number of para-hydroxylation sites is 1. The lowest BCUT2D eigenvalue weighted by molar-refractivity contribution is 0.0941. The van der Waals surface area contributed by atoms with E-state index in [1.165, 1.54) is 16.4 Å². The smallest absolute Gasteiger partial charge is 0.251 e. The van der Waals surface area contributed by atoms with E-state index in [-0.39, 0.29) is 16.8 Å². The molecule has 2 aromatic carbocycles. The molecule has 1 atom stereocenters. The fraction of sp³-hybridized carbons (Fsp3) is 0.435. The minimum Gasteiger partial charge on any atom is -0.496 e. The van der Waals surface area contributed by atoms with Crippen LogP contribution in [0.3, 0.4) is 0 Å². The molecular formula is C23H31N3O4S. The van der Waals surface area contributed by atoms with Crippen molar-refractivity contribution in [2.45, 2.75) is 30.2 Å². The zero-order valence-corrected chi connectivity index (χ0v) is 19.2. The third-order valence-corrected chi connectivity index (χ3v) is 7.56. The number of rotatable bonds is 8. The first kappa shape index (κ1) is 23.2. The number of benzene rings is 2. The van der Waals surface area contributed by atoms with Crippen LogP contribution in [0.15, 0.2) is 53.4 Å². The fourth-order valence-corrected chi connectivity index (χ4v) is 5.35. The van der Waals surface area contributed by atoms with Crippen LogP contribution in [0, 0.1) is 0 Å². The van der Waals surface area contributed by atoms with Gasteiger partial charge in [-0.1, -0.05) is 24.6 Å². The summed E-state index contributed by atoms with van der Waals surface area (Å²) < 4.78 is 32.6. The van der Waals surface area contributed by atoms with E-state index in [0.29, 0.717) is 25.2 Å². The number of carbonyl (C=O) groups is 1. The average molecular weight is 446 g/mol. The zero-order valence-electron chi connectivity index (χ0n) is 18.4. The van der Waals surface area contributed by atoms with Gasteiger partial charge in [0.05, 0.1) is 18.0 Å². The Balaban J connectivity index is 1.68. The molecule has 0 saturated carbocycles. The third-order valence-electron chi connectivity index (χ3n) is 5.65. The number of methoxy groups -OCH3 is 1. The Morgan fingerprint density at radius 1 is 1.06 bits per heavy atom. The Morgan fingerprint density at radius 2 is 1.71 bits per heavy atom. The maximum absolute atomic E-state index is 12.8. The van der Waals surface area contributed by atoms with Crippen molar-refractivity contribution in [3.63, 3.8) is 0 Å². The Labute approximate surface area is 185 Å². The second kappa shape index (κ2) is 10.3. The highest BCUT2D eigenvalue weighted by molar-refractivity contribution is 7.89. The summed E-state index contributed by atoms with van der Waals surface area (Å²) in [5.74, 6) is 0.520. The Hall–Kier alpha value is -2.42. The molecular weight excluding hydrogens is 414 g/mol. The molecule has 0 aromatic heterocycles. The van der Waals surface area contributed by atoms with Gasteiger partial charge in [0.2, 0.25) is 10.0 Å². The topological polar surface area (TPSA) is 78.9 Å². The van der Waals surface area contributed by atoms with Crippen LogP contribution in [0.25, 0.3) is 0 Å². The van der Waals surface area contributed by atoms with Crippen molar-refractivity contribution in [3.8, 4) is 5.75 Å². The largest absolute Gasteiger partial charge is 0.496 e. The van der Waals surface area contributed by atoms with Crippen LogP contribution < -0.4 is 10.1 Å². The molecule has 0 radical (unpaired) electrons. The van der Waals surface area contributed by atoms with Gasteiger partial charge in [-0.25, -0.2) is 8.42 Å². The van der Waals surface area contributed by atoms with Crippen LogP contribution in [-0.2, 0) is 10.0 Å². The van der Waals surface area contributed by atoms with E-state index in [2.05, 4.69) is 5.32 Å². The second-order valence-corrected chi connectivity index (χ2v) is 9.86. The van der Waals surface area contributed by atoms with Gasteiger partial charge < -0.3 is 15.0 Å². The fourth-order valence-electron chi connectivity index (χ4n) is 3.84. The maximum atomic E-state index is 12.8. The minimum atomic E-state index is -3.50. The van der Waals surface area contributed by atoms with Crippen LogP contribution in [0.2, 0.25) is 0 Å². The summed E-state index contributed by atoms with van der Waals surface area (Å²) in [6.07, 6.45) is 2.84. The summed E-state index contributed by atoms with van der Waals surface area (Å²) in [6.45, 7) is 1.50. The third kappa shape index (κ3) is 5.44. The summed E-state index contributed by atoms with van der Waals surface area (Å²) in [6, 6.07) is 13.8. The Morgan fingerprint density at radius 3 is 2.32 bits per heavy atom. The SMILES string of the molecule is COc1ccccc1[C@H](CNC(=O)c1ccc(S(=O)(=O)N2CCCCC2)cc1)N(C)C. The van der Waals surface area contributed by atoms with E-state index in [1.807, 2.05) is 43.3 Å². The van der Waals surface area contributed by atoms with Gasteiger partial charge in [0.1, 0.15) is 5.75 Å². The van der Waals surface area contributed by atoms with Crippen molar-refractivity contribution in [1.29, 1.82) is 0 Å². The van der Waals surface area contributed by atoms with E-state index < -0.39 is 10.0 Å². The molecule has 168 valence electrons. The second-order valence-electron chi connectivity index (χ2n) is 7.92. The van der Waals surface area contributed by atoms with Crippen molar-refractivity contribution in [2.24, 2.45) is 0 Å². The average Bonchev–Trinajstić information content (AvgIpc) is 2.79. The molecule has 0 aliphatic carbocycles. The molecule has 0 spiro atoms.